The highest BCUT2D eigenvalue weighted by Crippen LogP contribution is 2.33. The first-order valence-corrected chi connectivity index (χ1v) is 10.6. The van der Waals surface area contributed by atoms with Gasteiger partial charge in [-0.25, -0.2) is 0 Å². The van der Waals surface area contributed by atoms with Crippen molar-refractivity contribution in [3.8, 4) is 0 Å². The molecule has 1 aliphatic rings. The van der Waals surface area contributed by atoms with Gasteiger partial charge in [-0.2, -0.15) is 0 Å². The third kappa shape index (κ3) is 4.74. The SMILES string of the molecule is O=C1C=CC([C](c2ccccc2)c2ccc(CC(=O)c3ccc(Br)cc3)cc2)=CC1. The van der Waals surface area contributed by atoms with Crippen molar-refractivity contribution < 1.29 is 9.59 Å². The van der Waals surface area contributed by atoms with E-state index in [9.17, 15) is 9.59 Å². The number of ketones is 2. The lowest BCUT2D eigenvalue weighted by Crippen LogP contribution is -2.09. The highest BCUT2D eigenvalue weighted by atomic mass is 79.9. The summed E-state index contributed by atoms with van der Waals surface area (Å²) in [5, 5.41) is 0. The highest BCUT2D eigenvalue weighted by molar-refractivity contribution is 9.10. The molecule has 0 aromatic heterocycles. The molecule has 0 saturated heterocycles. The van der Waals surface area contributed by atoms with E-state index in [0.29, 0.717) is 18.4 Å². The molecular formula is C27H20BrO2. The summed E-state index contributed by atoms with van der Waals surface area (Å²) in [6.07, 6.45) is 6.29. The molecule has 0 N–H and O–H groups in total. The fraction of sp³-hybridized carbons (Fsp3) is 0.0741. The number of allylic oxidation sites excluding steroid dienone is 4. The van der Waals surface area contributed by atoms with Crippen molar-refractivity contribution in [2.45, 2.75) is 12.8 Å². The number of Topliss-reactive ketones (excluding diaryl/α,β-unsaturated/α-hetero) is 1. The smallest absolute Gasteiger partial charge is 0.167 e. The fourth-order valence-corrected chi connectivity index (χ4v) is 3.80. The van der Waals surface area contributed by atoms with Gasteiger partial charge < -0.3 is 0 Å². The van der Waals surface area contributed by atoms with Gasteiger partial charge in [-0.3, -0.25) is 9.59 Å². The van der Waals surface area contributed by atoms with Crippen LogP contribution in [-0.2, 0) is 11.2 Å². The van der Waals surface area contributed by atoms with Crippen LogP contribution in [0.25, 0.3) is 0 Å². The Balaban J connectivity index is 1.58. The summed E-state index contributed by atoms with van der Waals surface area (Å²) >= 11 is 3.40. The van der Waals surface area contributed by atoms with E-state index in [1.807, 2.05) is 66.7 Å². The second kappa shape index (κ2) is 9.19. The Labute approximate surface area is 185 Å². The first-order valence-electron chi connectivity index (χ1n) is 9.82. The van der Waals surface area contributed by atoms with Gasteiger partial charge >= 0.3 is 0 Å². The highest BCUT2D eigenvalue weighted by Gasteiger charge is 2.20. The van der Waals surface area contributed by atoms with Crippen molar-refractivity contribution in [2.75, 3.05) is 0 Å². The molecule has 0 amide bonds. The molecule has 0 heterocycles. The van der Waals surface area contributed by atoms with Gasteiger partial charge in [-0.1, -0.05) is 94.8 Å². The van der Waals surface area contributed by atoms with E-state index in [-0.39, 0.29) is 11.6 Å². The maximum atomic E-state index is 12.6. The normalized spacial score (nSPS) is 13.4. The predicted molar refractivity (Wildman–Crippen MR) is 123 cm³/mol. The Kier molecular flexibility index (Phi) is 6.20. The van der Waals surface area contributed by atoms with E-state index in [2.05, 4.69) is 40.2 Å². The second-order valence-corrected chi connectivity index (χ2v) is 8.12. The summed E-state index contributed by atoms with van der Waals surface area (Å²) in [6.45, 7) is 0. The van der Waals surface area contributed by atoms with E-state index < -0.39 is 0 Å². The third-order valence-corrected chi connectivity index (χ3v) is 5.63. The summed E-state index contributed by atoms with van der Waals surface area (Å²) < 4.78 is 0.958. The van der Waals surface area contributed by atoms with Crippen LogP contribution < -0.4 is 0 Å². The number of carbonyl (C=O) groups excluding carboxylic acids is 2. The van der Waals surface area contributed by atoms with E-state index in [1.54, 1.807) is 6.08 Å². The molecule has 0 fully saturated rings. The summed E-state index contributed by atoms with van der Waals surface area (Å²) in [5.41, 5.74) is 4.88. The molecule has 1 radical (unpaired) electrons. The Hall–Kier alpha value is -3.04. The molecular weight excluding hydrogens is 436 g/mol. The molecule has 2 nitrogen and oxygen atoms in total. The molecule has 3 aromatic rings. The molecule has 0 unspecified atom stereocenters. The van der Waals surface area contributed by atoms with Gasteiger partial charge in [0.05, 0.1) is 5.92 Å². The minimum Gasteiger partial charge on any atom is -0.295 e. The molecule has 1 aliphatic carbocycles. The second-order valence-electron chi connectivity index (χ2n) is 7.21. The van der Waals surface area contributed by atoms with Crippen molar-refractivity contribution >= 4 is 27.5 Å². The lowest BCUT2D eigenvalue weighted by atomic mass is 9.82. The Bertz CT molecular complexity index is 1110. The topological polar surface area (TPSA) is 34.1 Å². The summed E-state index contributed by atoms with van der Waals surface area (Å²) in [5.74, 6) is 1.30. The average molecular weight is 456 g/mol. The number of carbonyl (C=O) groups is 2. The quantitative estimate of drug-likeness (QED) is 0.408. The standard InChI is InChI=1S/C27H20BrO2/c28-24-14-10-20(11-15-24)26(30)18-19-6-8-22(9-7-19)27(21-4-2-1-3-5-21)23-12-16-25(29)17-13-23/h1-16H,17-18H2. The van der Waals surface area contributed by atoms with Crippen LogP contribution in [0, 0.1) is 5.92 Å². The monoisotopic (exact) mass is 455 g/mol. The third-order valence-electron chi connectivity index (χ3n) is 5.10. The lowest BCUT2D eigenvalue weighted by Gasteiger charge is -2.20. The van der Waals surface area contributed by atoms with E-state index in [4.69, 9.17) is 0 Å². The zero-order chi connectivity index (χ0) is 20.9. The number of hydrogen-bond donors (Lipinski definition) is 0. The van der Waals surface area contributed by atoms with E-state index >= 15 is 0 Å². The molecule has 30 heavy (non-hydrogen) atoms. The molecule has 0 bridgehead atoms. The van der Waals surface area contributed by atoms with Crippen LogP contribution >= 0.6 is 15.9 Å². The van der Waals surface area contributed by atoms with Crippen LogP contribution in [0.3, 0.4) is 0 Å². The zero-order valence-electron chi connectivity index (χ0n) is 16.3. The van der Waals surface area contributed by atoms with Crippen LogP contribution in [0.4, 0.5) is 0 Å². The molecule has 0 aliphatic heterocycles. The van der Waals surface area contributed by atoms with Crippen molar-refractivity contribution in [2.24, 2.45) is 0 Å². The van der Waals surface area contributed by atoms with E-state index in [0.717, 1.165) is 32.7 Å². The fourth-order valence-electron chi connectivity index (χ4n) is 3.53. The van der Waals surface area contributed by atoms with Gasteiger partial charge in [0.1, 0.15) is 0 Å². The van der Waals surface area contributed by atoms with Gasteiger partial charge in [-0.05, 0) is 40.5 Å². The summed E-state index contributed by atoms with van der Waals surface area (Å²) in [4.78, 5) is 24.2. The van der Waals surface area contributed by atoms with Crippen LogP contribution in [0.5, 0.6) is 0 Å². The van der Waals surface area contributed by atoms with Gasteiger partial charge in [0, 0.05) is 22.9 Å². The minimum atomic E-state index is 0.0962. The molecule has 3 aromatic carbocycles. The summed E-state index contributed by atoms with van der Waals surface area (Å²) in [7, 11) is 0. The van der Waals surface area contributed by atoms with Crippen molar-refractivity contribution in [1.82, 2.24) is 0 Å². The van der Waals surface area contributed by atoms with Gasteiger partial charge in [0.15, 0.2) is 11.6 Å². The molecule has 0 atom stereocenters. The largest absolute Gasteiger partial charge is 0.295 e. The Morgan fingerprint density at radius 3 is 2.03 bits per heavy atom. The van der Waals surface area contributed by atoms with Gasteiger partial charge in [0.25, 0.3) is 0 Å². The first-order chi connectivity index (χ1) is 14.6. The molecule has 147 valence electrons. The van der Waals surface area contributed by atoms with Crippen molar-refractivity contribution in [3.63, 3.8) is 0 Å². The van der Waals surface area contributed by atoms with Gasteiger partial charge in [0.2, 0.25) is 0 Å². The molecule has 4 rings (SSSR count). The minimum absolute atomic E-state index is 0.0962. The number of benzene rings is 3. The molecule has 3 heteroatoms. The van der Waals surface area contributed by atoms with Crippen LogP contribution in [-0.4, -0.2) is 11.6 Å². The average Bonchev–Trinajstić information content (AvgIpc) is 2.78. The lowest BCUT2D eigenvalue weighted by molar-refractivity contribution is -0.113. The number of rotatable bonds is 6. The number of halogens is 1. The van der Waals surface area contributed by atoms with Crippen LogP contribution in [0.2, 0.25) is 0 Å². The van der Waals surface area contributed by atoms with E-state index in [1.165, 1.54) is 0 Å². The Morgan fingerprint density at radius 2 is 1.40 bits per heavy atom. The van der Waals surface area contributed by atoms with Gasteiger partial charge in [-0.15, -0.1) is 0 Å². The van der Waals surface area contributed by atoms with Crippen LogP contribution in [0.15, 0.2) is 107 Å². The number of hydrogen-bond acceptors (Lipinski definition) is 2. The van der Waals surface area contributed by atoms with Crippen molar-refractivity contribution in [3.05, 3.63) is 135 Å². The summed E-state index contributed by atoms with van der Waals surface area (Å²) in [6, 6.07) is 25.7. The maximum absolute atomic E-state index is 12.6. The Morgan fingerprint density at radius 1 is 0.767 bits per heavy atom. The maximum Gasteiger partial charge on any atom is 0.167 e. The molecule has 0 spiro atoms. The zero-order valence-corrected chi connectivity index (χ0v) is 17.9. The predicted octanol–water partition coefficient (Wildman–Crippen LogP) is 6.30. The van der Waals surface area contributed by atoms with Crippen molar-refractivity contribution in [1.29, 1.82) is 0 Å². The van der Waals surface area contributed by atoms with Crippen LogP contribution in [0.1, 0.15) is 33.5 Å². The first kappa shape index (κ1) is 20.2. The molecule has 0 saturated carbocycles.